The van der Waals surface area contributed by atoms with Crippen LogP contribution >= 0.6 is 11.3 Å². The zero-order valence-corrected chi connectivity index (χ0v) is 11.9. The smallest absolute Gasteiger partial charge is 0.261 e. The number of nitrogens with two attached hydrogens (primary N) is 1. The Hall–Kier alpha value is -1.31. The number of nitrogens with one attached hydrogen (secondary N) is 1. The van der Waals surface area contributed by atoms with E-state index in [4.69, 9.17) is 5.73 Å². The van der Waals surface area contributed by atoms with Gasteiger partial charge in [-0.3, -0.25) is 4.79 Å². The first-order valence-electron chi connectivity index (χ1n) is 6.18. The van der Waals surface area contributed by atoms with E-state index in [1.807, 2.05) is 12.1 Å². The average molecular weight is 264 g/mol. The number of carbonyl (C=O) groups is 1. The minimum absolute atomic E-state index is 0.0126. The van der Waals surface area contributed by atoms with Crippen molar-refractivity contribution < 1.29 is 4.79 Å². The number of carbonyl (C=O) groups excluding carboxylic acids is 1. The molecule has 0 aliphatic rings. The van der Waals surface area contributed by atoms with E-state index >= 15 is 0 Å². The van der Waals surface area contributed by atoms with Gasteiger partial charge in [0.05, 0.1) is 16.3 Å². The highest BCUT2D eigenvalue weighted by atomic mass is 32.1. The Morgan fingerprint density at radius 1 is 1.50 bits per heavy atom. The highest BCUT2D eigenvalue weighted by Crippen LogP contribution is 2.16. The summed E-state index contributed by atoms with van der Waals surface area (Å²) in [5.41, 5.74) is 5.31. The van der Waals surface area contributed by atoms with Crippen LogP contribution in [0, 0.1) is 17.8 Å². The van der Waals surface area contributed by atoms with Gasteiger partial charge in [-0.2, -0.15) is 0 Å². The first kappa shape index (κ1) is 14.7. The van der Waals surface area contributed by atoms with Gasteiger partial charge in [-0.1, -0.05) is 32.6 Å². The van der Waals surface area contributed by atoms with Gasteiger partial charge in [-0.15, -0.1) is 11.3 Å². The Kier molecular flexibility index (Phi) is 5.90. The summed E-state index contributed by atoms with van der Waals surface area (Å²) < 4.78 is 0. The molecule has 0 aliphatic heterocycles. The molecule has 0 saturated carbocycles. The maximum absolute atomic E-state index is 12.0. The molecule has 98 valence electrons. The Bertz CT molecular complexity index is 454. The molecular weight excluding hydrogens is 244 g/mol. The molecule has 1 atom stereocenters. The summed E-state index contributed by atoms with van der Waals surface area (Å²) in [7, 11) is 0. The maximum Gasteiger partial charge on any atom is 0.261 e. The van der Waals surface area contributed by atoms with Gasteiger partial charge >= 0.3 is 0 Å². The van der Waals surface area contributed by atoms with Crippen molar-refractivity contribution in [1.82, 2.24) is 5.32 Å². The lowest BCUT2D eigenvalue weighted by atomic mass is 10.0. The van der Waals surface area contributed by atoms with Crippen molar-refractivity contribution in [2.75, 3.05) is 6.54 Å². The van der Waals surface area contributed by atoms with Crippen LogP contribution in [0.2, 0.25) is 0 Å². The van der Waals surface area contributed by atoms with Crippen LogP contribution in [-0.4, -0.2) is 18.5 Å². The van der Waals surface area contributed by atoms with Crippen molar-refractivity contribution in [2.24, 2.45) is 11.7 Å². The molecule has 3 N–H and O–H groups in total. The van der Waals surface area contributed by atoms with Crippen LogP contribution in [0.5, 0.6) is 0 Å². The molecular formula is C14H20N2OS. The van der Waals surface area contributed by atoms with E-state index in [-0.39, 0.29) is 11.9 Å². The predicted octanol–water partition coefficient (Wildman–Crippen LogP) is 2.22. The topological polar surface area (TPSA) is 55.1 Å². The van der Waals surface area contributed by atoms with Gasteiger partial charge in [-0.25, -0.2) is 0 Å². The Morgan fingerprint density at radius 2 is 2.22 bits per heavy atom. The van der Waals surface area contributed by atoms with Gasteiger partial charge in [0.25, 0.3) is 5.91 Å². The minimum Gasteiger partial charge on any atom is -0.348 e. The maximum atomic E-state index is 12.0. The molecule has 0 bridgehead atoms. The molecule has 4 heteroatoms. The van der Waals surface area contributed by atoms with Crippen molar-refractivity contribution in [3.05, 3.63) is 21.9 Å². The van der Waals surface area contributed by atoms with E-state index in [9.17, 15) is 4.79 Å². The zero-order chi connectivity index (χ0) is 13.5. The fourth-order valence-electron chi connectivity index (χ4n) is 1.64. The average Bonchev–Trinajstić information content (AvgIpc) is 2.81. The van der Waals surface area contributed by atoms with Crippen LogP contribution in [-0.2, 0) is 0 Å². The molecule has 1 aromatic rings. The lowest BCUT2D eigenvalue weighted by Crippen LogP contribution is -2.37. The fraction of sp³-hybridized carbons (Fsp3) is 0.500. The van der Waals surface area contributed by atoms with Gasteiger partial charge in [0, 0.05) is 6.04 Å². The lowest BCUT2D eigenvalue weighted by Gasteiger charge is -2.20. The molecule has 1 rings (SSSR count). The van der Waals surface area contributed by atoms with Gasteiger partial charge < -0.3 is 11.1 Å². The molecule has 3 nitrogen and oxygen atoms in total. The van der Waals surface area contributed by atoms with Crippen LogP contribution in [0.3, 0.4) is 0 Å². The summed E-state index contributed by atoms with van der Waals surface area (Å²) in [6.07, 6.45) is 0.939. The molecule has 1 unspecified atom stereocenters. The summed E-state index contributed by atoms with van der Waals surface area (Å²) in [6.45, 7) is 6.64. The molecule has 1 aromatic heterocycles. The van der Waals surface area contributed by atoms with Crippen LogP contribution in [0.4, 0.5) is 0 Å². The first-order valence-corrected chi connectivity index (χ1v) is 6.99. The third-order valence-electron chi connectivity index (χ3n) is 2.70. The molecule has 0 aromatic carbocycles. The summed E-state index contributed by atoms with van der Waals surface area (Å²) in [5.74, 6) is 6.14. The summed E-state index contributed by atoms with van der Waals surface area (Å²) in [6, 6.07) is 3.89. The van der Waals surface area contributed by atoms with E-state index in [1.54, 1.807) is 0 Å². The van der Waals surface area contributed by atoms with Crippen LogP contribution in [0.1, 0.15) is 41.7 Å². The highest BCUT2D eigenvalue weighted by molar-refractivity contribution is 7.14. The molecule has 0 fully saturated rings. The first-order chi connectivity index (χ1) is 8.58. The quantitative estimate of drug-likeness (QED) is 0.819. The van der Waals surface area contributed by atoms with Gasteiger partial charge in [0.1, 0.15) is 0 Å². The van der Waals surface area contributed by atoms with E-state index in [0.29, 0.717) is 17.3 Å². The number of thiophene rings is 1. The molecule has 0 spiro atoms. The Labute approximate surface area is 113 Å². The monoisotopic (exact) mass is 264 g/mol. The number of hydrogen-bond acceptors (Lipinski definition) is 3. The largest absolute Gasteiger partial charge is 0.348 e. The van der Waals surface area contributed by atoms with E-state index < -0.39 is 0 Å². The van der Waals surface area contributed by atoms with Gasteiger partial charge in [-0.05, 0) is 24.5 Å². The molecule has 1 heterocycles. The Morgan fingerprint density at radius 3 is 2.78 bits per heavy atom. The van der Waals surface area contributed by atoms with Crippen LogP contribution in [0.15, 0.2) is 12.1 Å². The van der Waals surface area contributed by atoms with Crippen molar-refractivity contribution in [3.63, 3.8) is 0 Å². The SMILES string of the molecule is CCC(NC(=O)c1ccc(C#CCN)s1)C(C)C. The highest BCUT2D eigenvalue weighted by Gasteiger charge is 2.16. The number of hydrogen-bond donors (Lipinski definition) is 2. The van der Waals surface area contributed by atoms with Gasteiger partial charge in [0.2, 0.25) is 0 Å². The van der Waals surface area contributed by atoms with E-state index in [1.165, 1.54) is 11.3 Å². The zero-order valence-electron chi connectivity index (χ0n) is 11.1. The molecule has 1 amide bonds. The summed E-state index contributed by atoms with van der Waals surface area (Å²) in [4.78, 5) is 13.6. The summed E-state index contributed by atoms with van der Waals surface area (Å²) in [5, 5.41) is 3.05. The normalized spacial score (nSPS) is 11.8. The second kappa shape index (κ2) is 7.20. The van der Waals surface area contributed by atoms with Crippen LogP contribution < -0.4 is 11.1 Å². The van der Waals surface area contributed by atoms with Crippen molar-refractivity contribution in [2.45, 2.75) is 33.2 Å². The third kappa shape index (κ3) is 4.17. The lowest BCUT2D eigenvalue weighted by molar-refractivity contribution is 0.0929. The molecule has 0 aliphatic carbocycles. The molecule has 18 heavy (non-hydrogen) atoms. The second-order valence-corrected chi connectivity index (χ2v) is 5.49. The van der Waals surface area contributed by atoms with Crippen molar-refractivity contribution >= 4 is 17.2 Å². The molecule has 0 saturated heterocycles. The second-order valence-electron chi connectivity index (χ2n) is 4.40. The summed E-state index contributed by atoms with van der Waals surface area (Å²) >= 11 is 1.40. The van der Waals surface area contributed by atoms with Crippen LogP contribution in [0.25, 0.3) is 0 Å². The predicted molar refractivity (Wildman–Crippen MR) is 76.6 cm³/mol. The third-order valence-corrected chi connectivity index (χ3v) is 3.70. The fourth-order valence-corrected chi connectivity index (χ4v) is 2.43. The standard InChI is InChI=1S/C14H20N2OS/c1-4-12(10(2)3)16-14(17)13-8-7-11(18-13)6-5-9-15/h7-8,10,12H,4,9,15H2,1-3H3,(H,16,17). The molecule has 0 radical (unpaired) electrons. The minimum atomic E-state index is -0.0126. The number of rotatable bonds is 4. The number of amides is 1. The van der Waals surface area contributed by atoms with Crippen molar-refractivity contribution in [3.8, 4) is 11.8 Å². The van der Waals surface area contributed by atoms with Gasteiger partial charge in [0.15, 0.2) is 0 Å². The Balaban J connectivity index is 2.69. The van der Waals surface area contributed by atoms with Crippen molar-refractivity contribution in [1.29, 1.82) is 0 Å². The van der Waals surface area contributed by atoms with E-state index in [2.05, 4.69) is 37.9 Å². The van der Waals surface area contributed by atoms with E-state index in [0.717, 1.165) is 11.3 Å².